The second-order valence-corrected chi connectivity index (χ2v) is 4.71. The van der Waals surface area contributed by atoms with E-state index in [0.29, 0.717) is 11.3 Å². The maximum absolute atomic E-state index is 12.1. The van der Waals surface area contributed by atoms with Crippen LogP contribution in [-0.4, -0.2) is 30.8 Å². The van der Waals surface area contributed by atoms with Gasteiger partial charge in [-0.3, -0.25) is 4.79 Å². The average Bonchev–Trinajstić information content (AvgIpc) is 2.35. The lowest BCUT2D eigenvalue weighted by molar-refractivity contribution is 0.0893. The molecule has 0 saturated carbocycles. The second-order valence-electron chi connectivity index (χ2n) is 4.71. The summed E-state index contributed by atoms with van der Waals surface area (Å²) in [6.07, 6.45) is 0. The highest BCUT2D eigenvalue weighted by Crippen LogP contribution is 2.19. The monoisotopic (exact) mass is 251 g/mol. The van der Waals surface area contributed by atoms with Crippen molar-refractivity contribution in [3.8, 4) is 5.75 Å². The van der Waals surface area contributed by atoms with Crippen LogP contribution < -0.4 is 10.1 Å². The van der Waals surface area contributed by atoms with Crippen LogP contribution in [0.2, 0.25) is 0 Å². The van der Waals surface area contributed by atoms with E-state index in [1.807, 2.05) is 26.8 Å². The Kier molecular flexibility index (Phi) is 5.16. The van der Waals surface area contributed by atoms with Crippen LogP contribution in [0.15, 0.2) is 18.2 Å². The summed E-state index contributed by atoms with van der Waals surface area (Å²) in [4.78, 5) is 12.1. The molecule has 4 heteroatoms. The van der Waals surface area contributed by atoms with Gasteiger partial charge in [0.2, 0.25) is 0 Å². The van der Waals surface area contributed by atoms with E-state index in [4.69, 9.17) is 4.74 Å². The number of hydrogen-bond donors (Lipinski definition) is 2. The molecule has 0 aliphatic carbocycles. The lowest BCUT2D eigenvalue weighted by Crippen LogP contribution is -2.41. The van der Waals surface area contributed by atoms with Gasteiger partial charge in [0.15, 0.2) is 0 Å². The van der Waals surface area contributed by atoms with Gasteiger partial charge in [0, 0.05) is 0 Å². The van der Waals surface area contributed by atoms with Crippen molar-refractivity contribution in [1.29, 1.82) is 0 Å². The highest BCUT2D eigenvalue weighted by atomic mass is 16.5. The van der Waals surface area contributed by atoms with Gasteiger partial charge in [-0.05, 0) is 25.0 Å². The highest BCUT2D eigenvalue weighted by molar-refractivity contribution is 5.97. The fourth-order valence-corrected chi connectivity index (χ4v) is 1.67. The van der Waals surface area contributed by atoms with Gasteiger partial charge in [-0.1, -0.05) is 25.5 Å². The van der Waals surface area contributed by atoms with Crippen molar-refractivity contribution in [2.45, 2.75) is 26.8 Å². The molecular formula is C14H21NO3. The fourth-order valence-electron chi connectivity index (χ4n) is 1.67. The molecule has 0 aliphatic heterocycles. The molecule has 0 aromatic heterocycles. The Morgan fingerprint density at radius 2 is 2.11 bits per heavy atom. The Morgan fingerprint density at radius 3 is 2.61 bits per heavy atom. The molecule has 1 amide bonds. The van der Waals surface area contributed by atoms with Crippen LogP contribution in [0, 0.1) is 12.8 Å². The van der Waals surface area contributed by atoms with Gasteiger partial charge < -0.3 is 15.2 Å². The molecule has 4 nitrogen and oxygen atoms in total. The Morgan fingerprint density at radius 1 is 1.44 bits per heavy atom. The summed E-state index contributed by atoms with van der Waals surface area (Å²) in [5.74, 6) is 0.497. The Hall–Kier alpha value is -1.55. The normalized spacial score (nSPS) is 12.3. The molecule has 18 heavy (non-hydrogen) atoms. The summed E-state index contributed by atoms with van der Waals surface area (Å²) in [5.41, 5.74) is 1.49. The van der Waals surface area contributed by atoms with Gasteiger partial charge in [-0.25, -0.2) is 0 Å². The Bertz CT molecular complexity index is 416. The fraction of sp³-hybridized carbons (Fsp3) is 0.500. The molecule has 1 unspecified atom stereocenters. The predicted octanol–water partition coefficient (Wildman–Crippen LogP) is 1.75. The maximum Gasteiger partial charge on any atom is 0.255 e. The molecule has 1 atom stereocenters. The predicted molar refractivity (Wildman–Crippen MR) is 70.9 cm³/mol. The smallest absolute Gasteiger partial charge is 0.255 e. The van der Waals surface area contributed by atoms with Crippen LogP contribution in [0.4, 0.5) is 0 Å². The number of carbonyl (C=O) groups is 1. The van der Waals surface area contributed by atoms with Gasteiger partial charge >= 0.3 is 0 Å². The third kappa shape index (κ3) is 3.47. The number of benzene rings is 1. The average molecular weight is 251 g/mol. The molecule has 0 saturated heterocycles. The molecule has 1 rings (SSSR count). The minimum absolute atomic E-state index is 0.0719. The zero-order chi connectivity index (χ0) is 13.7. The van der Waals surface area contributed by atoms with E-state index < -0.39 is 0 Å². The Balaban J connectivity index is 2.92. The van der Waals surface area contributed by atoms with Crippen molar-refractivity contribution in [3.05, 3.63) is 29.3 Å². The molecule has 1 aromatic carbocycles. The third-order valence-electron chi connectivity index (χ3n) is 2.92. The van der Waals surface area contributed by atoms with E-state index in [-0.39, 0.29) is 24.5 Å². The first kappa shape index (κ1) is 14.5. The minimum Gasteiger partial charge on any atom is -0.496 e. The number of amides is 1. The van der Waals surface area contributed by atoms with Crippen molar-refractivity contribution >= 4 is 5.91 Å². The van der Waals surface area contributed by atoms with Crippen LogP contribution in [0.25, 0.3) is 0 Å². The minimum atomic E-state index is -0.247. The van der Waals surface area contributed by atoms with Crippen LogP contribution in [-0.2, 0) is 0 Å². The number of aliphatic hydroxyl groups excluding tert-OH is 1. The number of ether oxygens (including phenoxy) is 1. The van der Waals surface area contributed by atoms with E-state index in [2.05, 4.69) is 5.32 Å². The standard InChI is InChI=1S/C14H21NO3/c1-9(2)12(8-16)15-14(17)11-7-10(3)5-6-13(11)18-4/h5-7,9,12,16H,8H2,1-4H3,(H,15,17). The lowest BCUT2D eigenvalue weighted by Gasteiger charge is -2.20. The number of rotatable bonds is 5. The van der Waals surface area contributed by atoms with Crippen LogP contribution >= 0.6 is 0 Å². The molecule has 0 fully saturated rings. The van der Waals surface area contributed by atoms with Crippen molar-refractivity contribution < 1.29 is 14.6 Å². The van der Waals surface area contributed by atoms with E-state index in [1.54, 1.807) is 12.1 Å². The summed E-state index contributed by atoms with van der Waals surface area (Å²) in [6.45, 7) is 5.75. The zero-order valence-electron chi connectivity index (χ0n) is 11.4. The molecule has 0 radical (unpaired) electrons. The summed E-state index contributed by atoms with van der Waals surface area (Å²) in [6, 6.07) is 5.20. The molecule has 0 aliphatic rings. The lowest BCUT2D eigenvalue weighted by atomic mass is 10.0. The topological polar surface area (TPSA) is 58.6 Å². The summed E-state index contributed by atoms with van der Waals surface area (Å²) >= 11 is 0. The van der Waals surface area contributed by atoms with Crippen LogP contribution in [0.3, 0.4) is 0 Å². The highest BCUT2D eigenvalue weighted by Gasteiger charge is 2.18. The van der Waals surface area contributed by atoms with Crippen molar-refractivity contribution in [2.75, 3.05) is 13.7 Å². The first-order valence-electron chi connectivity index (χ1n) is 6.06. The second kappa shape index (κ2) is 6.40. The van der Waals surface area contributed by atoms with E-state index in [9.17, 15) is 9.90 Å². The molecular weight excluding hydrogens is 230 g/mol. The molecule has 2 N–H and O–H groups in total. The SMILES string of the molecule is COc1ccc(C)cc1C(=O)NC(CO)C(C)C. The molecule has 100 valence electrons. The Labute approximate surface area is 108 Å². The molecule has 0 heterocycles. The van der Waals surface area contributed by atoms with Gasteiger partial charge in [0.05, 0.1) is 25.3 Å². The summed E-state index contributed by atoms with van der Waals surface area (Å²) in [5, 5.41) is 12.0. The number of methoxy groups -OCH3 is 1. The number of hydrogen-bond acceptors (Lipinski definition) is 3. The zero-order valence-corrected chi connectivity index (χ0v) is 11.4. The van der Waals surface area contributed by atoms with Crippen molar-refractivity contribution in [1.82, 2.24) is 5.32 Å². The largest absolute Gasteiger partial charge is 0.496 e. The van der Waals surface area contributed by atoms with Crippen LogP contribution in [0.1, 0.15) is 29.8 Å². The number of nitrogens with one attached hydrogen (secondary N) is 1. The maximum atomic E-state index is 12.1. The van der Waals surface area contributed by atoms with Crippen molar-refractivity contribution in [3.63, 3.8) is 0 Å². The first-order chi connectivity index (χ1) is 8.49. The number of aliphatic hydroxyl groups is 1. The number of carbonyl (C=O) groups excluding carboxylic acids is 1. The third-order valence-corrected chi connectivity index (χ3v) is 2.92. The van der Waals surface area contributed by atoms with Crippen molar-refractivity contribution in [2.24, 2.45) is 5.92 Å². The molecule has 1 aromatic rings. The van der Waals surface area contributed by atoms with Gasteiger partial charge in [0.1, 0.15) is 5.75 Å². The van der Waals surface area contributed by atoms with E-state index in [1.165, 1.54) is 7.11 Å². The van der Waals surface area contributed by atoms with E-state index >= 15 is 0 Å². The summed E-state index contributed by atoms with van der Waals surface area (Å²) in [7, 11) is 1.54. The van der Waals surface area contributed by atoms with Crippen LogP contribution in [0.5, 0.6) is 5.75 Å². The number of aryl methyl sites for hydroxylation is 1. The van der Waals surface area contributed by atoms with Gasteiger partial charge in [0.25, 0.3) is 5.91 Å². The molecule has 0 bridgehead atoms. The van der Waals surface area contributed by atoms with Gasteiger partial charge in [-0.15, -0.1) is 0 Å². The molecule has 0 spiro atoms. The quantitative estimate of drug-likeness (QED) is 0.838. The van der Waals surface area contributed by atoms with E-state index in [0.717, 1.165) is 5.56 Å². The summed E-state index contributed by atoms with van der Waals surface area (Å²) < 4.78 is 5.17. The first-order valence-corrected chi connectivity index (χ1v) is 6.06. The van der Waals surface area contributed by atoms with Gasteiger partial charge in [-0.2, -0.15) is 0 Å².